The van der Waals surface area contributed by atoms with E-state index in [1.165, 1.54) is 0 Å². The molecule has 1 aliphatic carbocycles. The fourth-order valence-corrected chi connectivity index (χ4v) is 5.78. The second-order valence-corrected chi connectivity index (χ2v) is 10.0. The molecule has 2 N–H and O–H groups in total. The first-order valence-corrected chi connectivity index (χ1v) is 11.8. The smallest absolute Gasteiger partial charge is 0.251 e. The van der Waals surface area contributed by atoms with E-state index in [1.807, 2.05) is 24.4 Å². The Balaban J connectivity index is 1.40. The number of carbonyl (C=O) groups excluding carboxylic acids is 3. The summed E-state index contributed by atoms with van der Waals surface area (Å²) in [7, 11) is 0. The van der Waals surface area contributed by atoms with Crippen LogP contribution in [0.3, 0.4) is 0 Å². The number of amides is 2. The van der Waals surface area contributed by atoms with E-state index in [2.05, 4.69) is 17.2 Å². The second kappa shape index (κ2) is 8.52. The number of likely N-dealkylation sites (tertiary alicyclic amines) is 1. The van der Waals surface area contributed by atoms with Gasteiger partial charge in [0.05, 0.1) is 5.38 Å². The van der Waals surface area contributed by atoms with E-state index in [0.717, 1.165) is 36.6 Å². The van der Waals surface area contributed by atoms with Crippen LogP contribution < -0.4 is 5.32 Å². The predicted octanol–water partition coefficient (Wildman–Crippen LogP) is 2.88. The standard InChI is InChI=1S/C24H28ClN3O4/c1-13-2-4-14(5-3-13)20(24(31)28-11-17(25)22-21(28)19(29)12-32-22)27-23(30)16-6-7-18-15(10-16)8-9-26-18/h6-10,13-14,17,20-22,26H,2-5,11-12H2,1H3,(H,27,30)/t13-,14-,17-,20-,21+,22+/m0/s1. The van der Waals surface area contributed by atoms with Crippen LogP contribution in [0.5, 0.6) is 0 Å². The summed E-state index contributed by atoms with van der Waals surface area (Å²) in [4.78, 5) is 44.0. The monoisotopic (exact) mass is 457 g/mol. The summed E-state index contributed by atoms with van der Waals surface area (Å²) in [6.07, 6.45) is 5.13. The molecule has 0 radical (unpaired) electrons. The van der Waals surface area contributed by atoms with Crippen molar-refractivity contribution in [2.75, 3.05) is 13.2 Å². The number of benzene rings is 1. The number of fused-ring (bicyclic) bond motifs is 2. The van der Waals surface area contributed by atoms with Gasteiger partial charge in [0.25, 0.3) is 5.91 Å². The molecule has 8 heteroatoms. The van der Waals surface area contributed by atoms with Crippen molar-refractivity contribution in [3.63, 3.8) is 0 Å². The number of hydrogen-bond donors (Lipinski definition) is 2. The van der Waals surface area contributed by atoms with Gasteiger partial charge in [-0.1, -0.05) is 19.8 Å². The summed E-state index contributed by atoms with van der Waals surface area (Å²) in [5, 5.41) is 3.54. The molecule has 3 heterocycles. The molecule has 32 heavy (non-hydrogen) atoms. The zero-order valence-corrected chi connectivity index (χ0v) is 18.8. The maximum absolute atomic E-state index is 13.7. The quantitative estimate of drug-likeness (QED) is 0.690. The zero-order chi connectivity index (χ0) is 22.4. The van der Waals surface area contributed by atoms with Gasteiger partial charge in [0.1, 0.15) is 24.8 Å². The van der Waals surface area contributed by atoms with E-state index in [1.54, 1.807) is 11.0 Å². The lowest BCUT2D eigenvalue weighted by atomic mass is 9.78. The SMILES string of the molecule is C[C@H]1CC[C@H]([C@H](NC(=O)c2ccc3[nH]ccc3c2)C(=O)N2C[C@H](Cl)[C@H]3OCC(=O)[C@H]32)CC1. The number of nitrogens with zero attached hydrogens (tertiary/aromatic N) is 1. The van der Waals surface area contributed by atoms with E-state index >= 15 is 0 Å². The number of nitrogens with one attached hydrogen (secondary N) is 2. The normalized spacial score (nSPS) is 31.0. The van der Waals surface area contributed by atoms with Crippen molar-refractivity contribution in [2.45, 2.75) is 56.2 Å². The summed E-state index contributed by atoms with van der Waals surface area (Å²) in [5.41, 5.74) is 1.46. The Morgan fingerprint density at radius 2 is 2.00 bits per heavy atom. The fraction of sp³-hybridized carbons (Fsp3) is 0.542. The minimum atomic E-state index is -0.687. The van der Waals surface area contributed by atoms with Crippen molar-refractivity contribution in [2.24, 2.45) is 11.8 Å². The van der Waals surface area contributed by atoms with E-state index in [4.69, 9.17) is 16.3 Å². The van der Waals surface area contributed by atoms with E-state index < -0.39 is 23.6 Å². The first-order chi connectivity index (χ1) is 15.4. The van der Waals surface area contributed by atoms with Crippen molar-refractivity contribution in [3.8, 4) is 0 Å². The molecule has 2 amide bonds. The topological polar surface area (TPSA) is 91.5 Å². The Bertz CT molecular complexity index is 1040. The van der Waals surface area contributed by atoms with Crippen LogP contribution in [0.15, 0.2) is 30.5 Å². The molecule has 0 spiro atoms. The molecular formula is C24H28ClN3O4. The van der Waals surface area contributed by atoms with Crippen LogP contribution in [0, 0.1) is 11.8 Å². The zero-order valence-electron chi connectivity index (χ0n) is 18.1. The summed E-state index contributed by atoms with van der Waals surface area (Å²) in [5.74, 6) is 0.0207. The van der Waals surface area contributed by atoms with Gasteiger partial charge in [-0.15, -0.1) is 11.6 Å². The highest BCUT2D eigenvalue weighted by molar-refractivity contribution is 6.22. The molecule has 170 valence electrons. The van der Waals surface area contributed by atoms with Gasteiger partial charge in [-0.25, -0.2) is 0 Å². The number of hydrogen-bond acceptors (Lipinski definition) is 4. The summed E-state index contributed by atoms with van der Waals surface area (Å²) in [6, 6.07) is 6.01. The van der Waals surface area contributed by atoms with Crippen molar-refractivity contribution < 1.29 is 19.1 Å². The molecule has 0 unspecified atom stereocenters. The van der Waals surface area contributed by atoms with Gasteiger partial charge < -0.3 is 19.9 Å². The predicted molar refractivity (Wildman–Crippen MR) is 121 cm³/mol. The minimum absolute atomic E-state index is 0.0169. The highest BCUT2D eigenvalue weighted by atomic mass is 35.5. The first-order valence-electron chi connectivity index (χ1n) is 11.4. The third-order valence-corrected chi connectivity index (χ3v) is 7.69. The number of H-pyrrole nitrogens is 1. The Hall–Kier alpha value is -2.38. The molecule has 2 saturated heterocycles. The Morgan fingerprint density at radius 3 is 2.78 bits per heavy atom. The maximum Gasteiger partial charge on any atom is 0.251 e. The van der Waals surface area contributed by atoms with Crippen LogP contribution in [0.1, 0.15) is 43.0 Å². The fourth-order valence-electron chi connectivity index (χ4n) is 5.42. The lowest BCUT2D eigenvalue weighted by molar-refractivity contribution is -0.139. The van der Waals surface area contributed by atoms with Crippen LogP contribution in [-0.2, 0) is 14.3 Å². The Morgan fingerprint density at radius 1 is 1.22 bits per heavy atom. The molecule has 7 nitrogen and oxygen atoms in total. The van der Waals surface area contributed by atoms with Crippen molar-refractivity contribution in [1.82, 2.24) is 15.2 Å². The molecule has 3 aliphatic rings. The average Bonchev–Trinajstić information content (AvgIpc) is 3.49. The molecule has 1 saturated carbocycles. The van der Waals surface area contributed by atoms with E-state index in [9.17, 15) is 14.4 Å². The third kappa shape index (κ3) is 3.82. The average molecular weight is 458 g/mol. The Kier molecular flexibility index (Phi) is 5.72. The highest BCUT2D eigenvalue weighted by Crippen LogP contribution is 2.35. The minimum Gasteiger partial charge on any atom is -0.366 e. The molecule has 1 aromatic carbocycles. The summed E-state index contributed by atoms with van der Waals surface area (Å²) in [6.45, 7) is 2.46. The largest absolute Gasteiger partial charge is 0.366 e. The molecule has 2 aliphatic heterocycles. The van der Waals surface area contributed by atoms with Crippen LogP contribution in [-0.4, -0.2) is 64.2 Å². The number of aromatic nitrogens is 1. The number of rotatable bonds is 4. The van der Waals surface area contributed by atoms with Crippen LogP contribution >= 0.6 is 11.6 Å². The van der Waals surface area contributed by atoms with Gasteiger partial charge in [-0.2, -0.15) is 0 Å². The number of Topliss-reactive ketones (excluding diaryl/α,β-unsaturated/α-hetero) is 1. The molecule has 3 fully saturated rings. The lowest BCUT2D eigenvalue weighted by Crippen LogP contribution is -2.55. The number of aromatic amines is 1. The van der Waals surface area contributed by atoms with E-state index in [-0.39, 0.29) is 36.7 Å². The van der Waals surface area contributed by atoms with Gasteiger partial charge in [0.2, 0.25) is 5.91 Å². The van der Waals surface area contributed by atoms with Gasteiger partial charge in [0.15, 0.2) is 5.78 Å². The molecule has 0 bridgehead atoms. The Labute approximate surface area is 191 Å². The van der Waals surface area contributed by atoms with Gasteiger partial charge in [-0.3, -0.25) is 14.4 Å². The van der Waals surface area contributed by atoms with Crippen molar-refractivity contribution in [1.29, 1.82) is 0 Å². The summed E-state index contributed by atoms with van der Waals surface area (Å²) >= 11 is 6.41. The number of carbonyl (C=O) groups is 3. The third-order valence-electron chi connectivity index (χ3n) is 7.31. The van der Waals surface area contributed by atoms with Crippen LogP contribution in [0.4, 0.5) is 0 Å². The molecule has 4 atom stereocenters. The van der Waals surface area contributed by atoms with Crippen molar-refractivity contribution in [3.05, 3.63) is 36.0 Å². The van der Waals surface area contributed by atoms with Crippen LogP contribution in [0.2, 0.25) is 0 Å². The second-order valence-electron chi connectivity index (χ2n) is 9.44. The molecular weight excluding hydrogens is 430 g/mol. The number of alkyl halides is 1. The highest BCUT2D eigenvalue weighted by Gasteiger charge is 2.53. The van der Waals surface area contributed by atoms with Crippen LogP contribution in [0.25, 0.3) is 10.9 Å². The van der Waals surface area contributed by atoms with Gasteiger partial charge >= 0.3 is 0 Å². The lowest BCUT2D eigenvalue weighted by Gasteiger charge is -2.35. The van der Waals surface area contributed by atoms with Gasteiger partial charge in [-0.05, 0) is 48.9 Å². The van der Waals surface area contributed by atoms with Crippen molar-refractivity contribution >= 4 is 40.1 Å². The molecule has 5 rings (SSSR count). The number of ketones is 1. The maximum atomic E-state index is 13.7. The molecule has 1 aromatic heterocycles. The van der Waals surface area contributed by atoms with E-state index in [0.29, 0.717) is 11.5 Å². The summed E-state index contributed by atoms with van der Waals surface area (Å²) < 4.78 is 5.54. The number of halogens is 1. The first kappa shape index (κ1) is 21.5. The number of ether oxygens (including phenoxy) is 1. The molecule has 2 aromatic rings. The van der Waals surface area contributed by atoms with Gasteiger partial charge in [0, 0.05) is 29.2 Å².